The van der Waals surface area contributed by atoms with E-state index in [1.165, 1.54) is 0 Å². The van der Waals surface area contributed by atoms with Crippen LogP contribution in [0.2, 0.25) is 0 Å². The molecule has 1 saturated heterocycles. The molecule has 1 aromatic rings. The van der Waals surface area contributed by atoms with Crippen molar-refractivity contribution in [1.29, 1.82) is 0 Å². The summed E-state index contributed by atoms with van der Waals surface area (Å²) >= 11 is 0. The smallest absolute Gasteiger partial charge is 0.234 e. The topological polar surface area (TPSA) is 48.5 Å². The Balaban J connectivity index is 1.58. The quantitative estimate of drug-likeness (QED) is 0.754. The van der Waals surface area contributed by atoms with Crippen molar-refractivity contribution in [3.05, 3.63) is 30.1 Å². The first-order valence-corrected chi connectivity index (χ1v) is 7.70. The van der Waals surface area contributed by atoms with Crippen molar-refractivity contribution in [3.8, 4) is 0 Å². The Morgan fingerprint density at radius 1 is 1.48 bits per heavy atom. The number of aromatic nitrogens is 1. The van der Waals surface area contributed by atoms with E-state index in [2.05, 4.69) is 34.2 Å². The molecule has 2 rings (SSSR count). The molecule has 0 bridgehead atoms. The minimum atomic E-state index is 0.135. The Hall–Kier alpha value is -1.46. The van der Waals surface area contributed by atoms with Crippen LogP contribution in [0, 0.1) is 0 Å². The first-order chi connectivity index (χ1) is 10.1. The molecule has 1 N–H and O–H groups in total. The fourth-order valence-electron chi connectivity index (χ4n) is 2.68. The van der Waals surface area contributed by atoms with E-state index < -0.39 is 0 Å². The third-order valence-electron chi connectivity index (χ3n) is 4.00. The van der Waals surface area contributed by atoms with Crippen molar-refractivity contribution >= 4 is 5.91 Å². The summed E-state index contributed by atoms with van der Waals surface area (Å²) in [5.74, 6) is 0.135. The molecule has 0 spiro atoms. The summed E-state index contributed by atoms with van der Waals surface area (Å²) in [7, 11) is 4.21. The Morgan fingerprint density at radius 2 is 2.33 bits per heavy atom. The Kier molecular flexibility index (Phi) is 6.14. The minimum Gasteiger partial charge on any atom is -0.355 e. The zero-order valence-electron chi connectivity index (χ0n) is 13.1. The molecule has 0 saturated carbocycles. The second-order valence-corrected chi connectivity index (χ2v) is 5.92. The van der Waals surface area contributed by atoms with Gasteiger partial charge in [-0.2, -0.15) is 0 Å². The maximum atomic E-state index is 11.9. The molecule has 116 valence electrons. The van der Waals surface area contributed by atoms with Gasteiger partial charge in [-0.15, -0.1) is 0 Å². The SMILES string of the molecule is CN(C)[C@@H]1CCN(CC(=O)NCCCc2ccccn2)C1. The fraction of sp³-hybridized carbons (Fsp3) is 0.625. The normalized spacial score (nSPS) is 19.1. The Bertz CT molecular complexity index is 435. The predicted octanol–water partition coefficient (Wildman–Crippen LogP) is 0.766. The van der Waals surface area contributed by atoms with Crippen LogP contribution in [0.3, 0.4) is 0 Å². The average Bonchev–Trinajstić information content (AvgIpc) is 2.93. The number of pyridine rings is 1. The lowest BCUT2D eigenvalue weighted by Gasteiger charge is -2.20. The molecule has 1 atom stereocenters. The summed E-state index contributed by atoms with van der Waals surface area (Å²) in [5, 5.41) is 3.00. The summed E-state index contributed by atoms with van der Waals surface area (Å²) in [6, 6.07) is 6.52. The molecule has 5 nitrogen and oxygen atoms in total. The van der Waals surface area contributed by atoms with Gasteiger partial charge < -0.3 is 10.2 Å². The highest BCUT2D eigenvalue weighted by molar-refractivity contribution is 5.78. The van der Waals surface area contributed by atoms with Crippen LogP contribution in [-0.4, -0.2) is 67.0 Å². The molecule has 1 aromatic heterocycles. The maximum absolute atomic E-state index is 11.9. The molecule has 2 heterocycles. The number of rotatable bonds is 7. The zero-order valence-corrected chi connectivity index (χ0v) is 13.1. The largest absolute Gasteiger partial charge is 0.355 e. The van der Waals surface area contributed by atoms with E-state index >= 15 is 0 Å². The summed E-state index contributed by atoms with van der Waals surface area (Å²) < 4.78 is 0. The number of nitrogens with one attached hydrogen (secondary N) is 1. The van der Waals surface area contributed by atoms with E-state index in [4.69, 9.17) is 0 Å². The van der Waals surface area contributed by atoms with E-state index in [9.17, 15) is 4.79 Å². The first-order valence-electron chi connectivity index (χ1n) is 7.70. The number of carbonyl (C=O) groups excluding carboxylic acids is 1. The summed E-state index contributed by atoms with van der Waals surface area (Å²) in [6.07, 6.45) is 4.80. The van der Waals surface area contributed by atoms with Crippen LogP contribution in [0.25, 0.3) is 0 Å². The third kappa shape index (κ3) is 5.44. The van der Waals surface area contributed by atoms with Crippen molar-refractivity contribution in [2.24, 2.45) is 0 Å². The standard InChI is InChI=1S/C16H26N4O/c1-19(2)15-8-11-20(12-15)13-16(21)18-10-5-7-14-6-3-4-9-17-14/h3-4,6,9,15H,5,7-8,10-13H2,1-2H3,(H,18,21)/t15-/m1/s1. The van der Waals surface area contributed by atoms with Crippen LogP contribution in [0.4, 0.5) is 0 Å². The molecule has 1 amide bonds. The van der Waals surface area contributed by atoms with Gasteiger partial charge in [-0.25, -0.2) is 0 Å². The first kappa shape index (κ1) is 15.9. The average molecular weight is 290 g/mol. The maximum Gasteiger partial charge on any atom is 0.234 e. The van der Waals surface area contributed by atoms with Crippen LogP contribution in [0.1, 0.15) is 18.5 Å². The van der Waals surface area contributed by atoms with Crippen molar-refractivity contribution in [1.82, 2.24) is 20.1 Å². The molecule has 1 fully saturated rings. The molecular formula is C16H26N4O. The van der Waals surface area contributed by atoms with E-state index in [-0.39, 0.29) is 5.91 Å². The number of likely N-dealkylation sites (tertiary alicyclic amines) is 1. The predicted molar refractivity (Wildman–Crippen MR) is 84.1 cm³/mol. The number of hydrogen-bond donors (Lipinski definition) is 1. The number of nitrogens with zero attached hydrogens (tertiary/aromatic N) is 3. The lowest BCUT2D eigenvalue weighted by molar-refractivity contribution is -0.122. The number of aryl methyl sites for hydroxylation is 1. The van der Waals surface area contributed by atoms with Gasteiger partial charge in [0, 0.05) is 37.6 Å². The van der Waals surface area contributed by atoms with Crippen molar-refractivity contribution in [2.75, 3.05) is 40.3 Å². The highest BCUT2D eigenvalue weighted by atomic mass is 16.2. The van der Waals surface area contributed by atoms with Gasteiger partial charge in [0.05, 0.1) is 6.54 Å². The van der Waals surface area contributed by atoms with E-state index in [1.54, 1.807) is 0 Å². The van der Waals surface area contributed by atoms with E-state index in [0.717, 1.165) is 44.6 Å². The van der Waals surface area contributed by atoms with Gasteiger partial charge in [0.1, 0.15) is 0 Å². The Morgan fingerprint density at radius 3 is 3.00 bits per heavy atom. The number of likely N-dealkylation sites (N-methyl/N-ethyl adjacent to an activating group) is 1. The number of amides is 1. The van der Waals surface area contributed by atoms with Gasteiger partial charge >= 0.3 is 0 Å². The van der Waals surface area contributed by atoms with Gasteiger partial charge in [0.15, 0.2) is 0 Å². The molecule has 5 heteroatoms. The van der Waals surface area contributed by atoms with Gasteiger partial charge in [-0.05, 0) is 45.5 Å². The summed E-state index contributed by atoms with van der Waals surface area (Å²) in [6.45, 7) is 3.26. The highest BCUT2D eigenvalue weighted by Crippen LogP contribution is 2.12. The van der Waals surface area contributed by atoms with Gasteiger partial charge in [-0.3, -0.25) is 14.7 Å². The van der Waals surface area contributed by atoms with Crippen LogP contribution in [-0.2, 0) is 11.2 Å². The number of carbonyl (C=O) groups is 1. The van der Waals surface area contributed by atoms with Gasteiger partial charge in [0.25, 0.3) is 0 Å². The molecular weight excluding hydrogens is 264 g/mol. The van der Waals surface area contributed by atoms with Crippen LogP contribution in [0.5, 0.6) is 0 Å². The molecule has 0 aliphatic carbocycles. The molecule has 1 aliphatic rings. The summed E-state index contributed by atoms with van der Waals surface area (Å²) in [5.41, 5.74) is 1.08. The molecule has 0 unspecified atom stereocenters. The van der Waals surface area contributed by atoms with Crippen molar-refractivity contribution in [2.45, 2.75) is 25.3 Å². The third-order valence-corrected chi connectivity index (χ3v) is 4.00. The number of hydrogen-bond acceptors (Lipinski definition) is 4. The molecule has 0 aromatic carbocycles. The lowest BCUT2D eigenvalue weighted by Crippen LogP contribution is -2.38. The monoisotopic (exact) mass is 290 g/mol. The highest BCUT2D eigenvalue weighted by Gasteiger charge is 2.24. The second-order valence-electron chi connectivity index (χ2n) is 5.92. The van der Waals surface area contributed by atoms with Crippen molar-refractivity contribution in [3.63, 3.8) is 0 Å². The second kappa shape index (κ2) is 8.10. The molecule has 21 heavy (non-hydrogen) atoms. The minimum absolute atomic E-state index is 0.135. The van der Waals surface area contributed by atoms with Gasteiger partial charge in [-0.1, -0.05) is 6.07 Å². The zero-order chi connectivity index (χ0) is 15.1. The molecule has 0 radical (unpaired) electrons. The lowest BCUT2D eigenvalue weighted by atomic mass is 10.2. The summed E-state index contributed by atoms with van der Waals surface area (Å²) in [4.78, 5) is 20.7. The van der Waals surface area contributed by atoms with Crippen LogP contribution < -0.4 is 5.32 Å². The fourth-order valence-corrected chi connectivity index (χ4v) is 2.68. The van der Waals surface area contributed by atoms with Gasteiger partial charge in [0.2, 0.25) is 5.91 Å². The van der Waals surface area contributed by atoms with E-state index in [0.29, 0.717) is 12.6 Å². The Labute approximate surface area is 127 Å². The molecule has 1 aliphatic heterocycles. The van der Waals surface area contributed by atoms with Crippen LogP contribution in [0.15, 0.2) is 24.4 Å². The van der Waals surface area contributed by atoms with Crippen molar-refractivity contribution < 1.29 is 4.79 Å². The van der Waals surface area contributed by atoms with E-state index in [1.807, 2.05) is 24.4 Å². The van der Waals surface area contributed by atoms with Crippen LogP contribution >= 0.6 is 0 Å².